The lowest BCUT2D eigenvalue weighted by molar-refractivity contribution is 0.538. The number of nitrogens with zero attached hydrogens (tertiary/aromatic N) is 1. The van der Waals surface area contributed by atoms with Crippen LogP contribution in [0.1, 0.15) is 11.1 Å². The molecule has 0 unspecified atom stereocenters. The van der Waals surface area contributed by atoms with E-state index in [1.165, 1.54) is 0 Å². The van der Waals surface area contributed by atoms with Gasteiger partial charge in [-0.15, -0.1) is 0 Å². The number of nitrogens with one attached hydrogen (secondary N) is 1. The lowest BCUT2D eigenvalue weighted by Gasteiger charge is -2.07. The van der Waals surface area contributed by atoms with Gasteiger partial charge >= 0.3 is 0 Å². The number of hydrogen-bond donors (Lipinski definition) is 1. The first-order chi connectivity index (χ1) is 8.33. The van der Waals surface area contributed by atoms with E-state index in [0.29, 0.717) is 0 Å². The van der Waals surface area contributed by atoms with Crippen molar-refractivity contribution < 1.29 is 17.2 Å². The Balaban J connectivity index is 2.66. The molecule has 0 aliphatic heterocycles. The van der Waals surface area contributed by atoms with Gasteiger partial charge in [-0.2, -0.15) is 5.26 Å². The van der Waals surface area contributed by atoms with Crippen molar-refractivity contribution in [2.75, 3.05) is 18.6 Å². The highest BCUT2D eigenvalue weighted by molar-refractivity contribution is 7.90. The van der Waals surface area contributed by atoms with Gasteiger partial charge in [0.1, 0.15) is 21.5 Å². The Morgan fingerprint density at radius 3 is 2.33 bits per heavy atom. The van der Waals surface area contributed by atoms with E-state index < -0.39 is 21.5 Å². The third kappa shape index (κ3) is 4.39. The molecule has 0 heterocycles. The summed E-state index contributed by atoms with van der Waals surface area (Å²) in [6.07, 6.45) is 1.08. The average molecular weight is 274 g/mol. The highest BCUT2D eigenvalue weighted by atomic mass is 32.2. The molecule has 4 nitrogen and oxygen atoms in total. The molecule has 0 radical (unpaired) electrons. The summed E-state index contributed by atoms with van der Waals surface area (Å²) >= 11 is 0. The van der Waals surface area contributed by atoms with Crippen LogP contribution in [0.3, 0.4) is 0 Å². The molecule has 0 saturated heterocycles. The predicted octanol–water partition coefficient (Wildman–Crippen LogP) is 0.971. The first kappa shape index (κ1) is 14.5. The van der Waals surface area contributed by atoms with Crippen molar-refractivity contribution in [3.8, 4) is 6.07 Å². The second-order valence-electron chi connectivity index (χ2n) is 3.84. The minimum atomic E-state index is -3.10. The summed E-state index contributed by atoms with van der Waals surface area (Å²) in [6, 6.07) is 3.53. The van der Waals surface area contributed by atoms with E-state index in [1.807, 2.05) is 0 Å². The number of halogens is 2. The smallest absolute Gasteiger partial charge is 0.148 e. The van der Waals surface area contributed by atoms with E-state index in [1.54, 1.807) is 6.07 Å². The van der Waals surface area contributed by atoms with Crippen molar-refractivity contribution in [2.24, 2.45) is 0 Å². The highest BCUT2D eigenvalue weighted by Crippen LogP contribution is 2.14. The van der Waals surface area contributed by atoms with Crippen LogP contribution in [0.4, 0.5) is 8.78 Å². The number of sulfone groups is 1. The van der Waals surface area contributed by atoms with Crippen LogP contribution in [-0.4, -0.2) is 27.0 Å². The molecule has 1 aromatic rings. The number of benzene rings is 1. The Bertz CT molecular complexity index is 556. The first-order valence-electron chi connectivity index (χ1n) is 5.10. The predicted molar refractivity (Wildman–Crippen MR) is 62.5 cm³/mol. The maximum Gasteiger partial charge on any atom is 0.148 e. The fourth-order valence-electron chi connectivity index (χ4n) is 1.31. The van der Waals surface area contributed by atoms with Crippen molar-refractivity contribution in [2.45, 2.75) is 6.54 Å². The van der Waals surface area contributed by atoms with Gasteiger partial charge in [0.05, 0.1) is 17.4 Å². The third-order valence-corrected chi connectivity index (χ3v) is 3.17. The minimum Gasteiger partial charge on any atom is -0.311 e. The molecule has 0 atom stereocenters. The molecule has 0 bridgehead atoms. The van der Waals surface area contributed by atoms with Gasteiger partial charge in [-0.3, -0.25) is 0 Å². The number of nitriles is 1. The molecule has 0 aromatic heterocycles. The topological polar surface area (TPSA) is 70.0 Å². The molecule has 0 saturated carbocycles. The van der Waals surface area contributed by atoms with Crippen LogP contribution < -0.4 is 5.32 Å². The number of hydrogen-bond acceptors (Lipinski definition) is 4. The second kappa shape index (κ2) is 5.89. The summed E-state index contributed by atoms with van der Waals surface area (Å²) in [5.41, 5.74) is -0.299. The van der Waals surface area contributed by atoms with Crippen molar-refractivity contribution in [3.63, 3.8) is 0 Å². The van der Waals surface area contributed by atoms with Crippen molar-refractivity contribution in [3.05, 3.63) is 34.9 Å². The summed E-state index contributed by atoms with van der Waals surface area (Å²) in [5, 5.41) is 11.2. The van der Waals surface area contributed by atoms with Crippen LogP contribution in [0.2, 0.25) is 0 Å². The summed E-state index contributed by atoms with van der Waals surface area (Å²) < 4.78 is 48.5. The maximum absolute atomic E-state index is 13.4. The zero-order valence-corrected chi connectivity index (χ0v) is 10.5. The van der Waals surface area contributed by atoms with Gasteiger partial charge in [-0.25, -0.2) is 17.2 Å². The zero-order valence-electron chi connectivity index (χ0n) is 9.70. The molecule has 0 spiro atoms. The van der Waals surface area contributed by atoms with E-state index in [-0.39, 0.29) is 30.0 Å². The zero-order chi connectivity index (χ0) is 13.8. The van der Waals surface area contributed by atoms with Crippen LogP contribution in [0.15, 0.2) is 12.1 Å². The fourth-order valence-corrected chi connectivity index (χ4v) is 1.82. The minimum absolute atomic E-state index is 0.0927. The second-order valence-corrected chi connectivity index (χ2v) is 6.10. The summed E-state index contributed by atoms with van der Waals surface area (Å²) in [7, 11) is -3.10. The summed E-state index contributed by atoms with van der Waals surface area (Å²) in [4.78, 5) is 0. The molecule has 0 aliphatic carbocycles. The van der Waals surface area contributed by atoms with Crippen LogP contribution in [0.25, 0.3) is 0 Å². The SMILES string of the molecule is CS(=O)(=O)CCNCc1c(F)cc(C#N)cc1F. The van der Waals surface area contributed by atoms with Gasteiger partial charge in [-0.1, -0.05) is 0 Å². The molecule has 18 heavy (non-hydrogen) atoms. The number of rotatable bonds is 5. The maximum atomic E-state index is 13.4. The molecular formula is C11H12F2N2O2S. The summed E-state index contributed by atoms with van der Waals surface area (Å²) in [6.45, 7) is -0.0173. The van der Waals surface area contributed by atoms with Crippen LogP contribution in [0, 0.1) is 23.0 Å². The van der Waals surface area contributed by atoms with Gasteiger partial charge in [0.25, 0.3) is 0 Å². The van der Waals surface area contributed by atoms with E-state index in [0.717, 1.165) is 18.4 Å². The standard InChI is InChI=1S/C11H12F2N2O2S/c1-18(16,17)3-2-15-7-9-10(12)4-8(6-14)5-11(9)13/h4-5,15H,2-3,7H2,1H3. The molecule has 1 N–H and O–H groups in total. The monoisotopic (exact) mass is 274 g/mol. The Kier molecular flexibility index (Phi) is 4.76. The van der Waals surface area contributed by atoms with E-state index in [9.17, 15) is 17.2 Å². The molecule has 0 aliphatic rings. The Labute approximate surface area is 104 Å². The van der Waals surface area contributed by atoms with Gasteiger partial charge < -0.3 is 5.32 Å². The molecule has 1 aromatic carbocycles. The van der Waals surface area contributed by atoms with E-state index in [2.05, 4.69) is 5.32 Å². The fraction of sp³-hybridized carbons (Fsp3) is 0.364. The Morgan fingerprint density at radius 2 is 1.89 bits per heavy atom. The van der Waals surface area contributed by atoms with Crippen LogP contribution >= 0.6 is 0 Å². The molecule has 0 fully saturated rings. The Morgan fingerprint density at radius 1 is 1.33 bits per heavy atom. The van der Waals surface area contributed by atoms with Gasteiger partial charge in [-0.05, 0) is 12.1 Å². The summed E-state index contributed by atoms with van der Waals surface area (Å²) in [5.74, 6) is -1.75. The van der Waals surface area contributed by atoms with Gasteiger partial charge in [0, 0.05) is 24.9 Å². The molecule has 1 rings (SSSR count). The first-order valence-corrected chi connectivity index (χ1v) is 7.16. The van der Waals surface area contributed by atoms with Crippen molar-refractivity contribution in [1.82, 2.24) is 5.32 Å². The normalized spacial score (nSPS) is 11.2. The van der Waals surface area contributed by atoms with Gasteiger partial charge in [0.2, 0.25) is 0 Å². The average Bonchev–Trinajstić information content (AvgIpc) is 2.25. The largest absolute Gasteiger partial charge is 0.311 e. The quantitative estimate of drug-likeness (QED) is 0.812. The highest BCUT2D eigenvalue weighted by Gasteiger charge is 2.11. The van der Waals surface area contributed by atoms with Crippen molar-refractivity contribution in [1.29, 1.82) is 5.26 Å². The Hall–Kier alpha value is -1.52. The lowest BCUT2D eigenvalue weighted by atomic mass is 10.1. The third-order valence-electron chi connectivity index (χ3n) is 2.22. The van der Waals surface area contributed by atoms with E-state index >= 15 is 0 Å². The van der Waals surface area contributed by atoms with Crippen LogP contribution in [0.5, 0.6) is 0 Å². The molecular weight excluding hydrogens is 262 g/mol. The molecule has 98 valence electrons. The van der Waals surface area contributed by atoms with Crippen LogP contribution in [-0.2, 0) is 16.4 Å². The van der Waals surface area contributed by atoms with Gasteiger partial charge in [0.15, 0.2) is 0 Å². The molecule has 0 amide bonds. The lowest BCUT2D eigenvalue weighted by Crippen LogP contribution is -2.23. The molecule has 7 heteroatoms. The van der Waals surface area contributed by atoms with E-state index in [4.69, 9.17) is 5.26 Å². The van der Waals surface area contributed by atoms with Crippen molar-refractivity contribution >= 4 is 9.84 Å².